The van der Waals surface area contributed by atoms with Gasteiger partial charge < -0.3 is 5.32 Å². The van der Waals surface area contributed by atoms with Crippen molar-refractivity contribution in [2.75, 3.05) is 6.54 Å². The molecule has 8 nitrogen and oxygen atoms in total. The van der Waals surface area contributed by atoms with E-state index in [-0.39, 0.29) is 24.3 Å². The van der Waals surface area contributed by atoms with Crippen molar-refractivity contribution in [2.24, 2.45) is 10.9 Å². The number of hydrogen-bond donors (Lipinski definition) is 5. The smallest absolute Gasteiger partial charge is 0.230 e. The molecule has 0 bridgehead atoms. The van der Waals surface area contributed by atoms with E-state index in [4.69, 9.17) is 0 Å². The number of nitrogens with one attached hydrogen (secondary N) is 5. The molecule has 1 aromatic carbocycles. The minimum absolute atomic E-state index is 0.0315. The zero-order chi connectivity index (χ0) is 13.5. The molecule has 8 heteroatoms. The molecule has 3 heterocycles. The van der Waals surface area contributed by atoms with E-state index in [0.29, 0.717) is 12.5 Å². The SMILES string of the molecule is O=C1NC2NNC(=Nc3ccccc3)N2C2NNCC12. The fourth-order valence-electron chi connectivity index (χ4n) is 2.72. The van der Waals surface area contributed by atoms with Crippen LogP contribution in [-0.4, -0.2) is 35.8 Å². The van der Waals surface area contributed by atoms with Gasteiger partial charge in [-0.25, -0.2) is 10.4 Å². The average Bonchev–Trinajstić information content (AvgIpc) is 3.07. The van der Waals surface area contributed by atoms with Crippen molar-refractivity contribution in [3.63, 3.8) is 0 Å². The van der Waals surface area contributed by atoms with Crippen molar-refractivity contribution in [3.05, 3.63) is 30.3 Å². The standard InChI is InChI=1S/C12H15N7O/c20-10-8-6-13-16-9(8)19-11(17-18-12(19)15-10)14-7-4-2-1-3-5-7/h1-5,8-9,12-13,16,18H,6H2,(H,14,17)(H,15,20). The molecule has 3 saturated heterocycles. The van der Waals surface area contributed by atoms with Crippen LogP contribution in [0.5, 0.6) is 0 Å². The predicted molar refractivity (Wildman–Crippen MR) is 72.0 cm³/mol. The molecular formula is C12H15N7O. The first-order valence-corrected chi connectivity index (χ1v) is 6.55. The number of amides is 1. The van der Waals surface area contributed by atoms with E-state index in [1.807, 2.05) is 35.2 Å². The summed E-state index contributed by atoms with van der Waals surface area (Å²) in [7, 11) is 0. The minimum Gasteiger partial charge on any atom is -0.322 e. The van der Waals surface area contributed by atoms with Crippen LogP contribution in [0, 0.1) is 5.92 Å². The lowest BCUT2D eigenvalue weighted by molar-refractivity contribution is -0.131. The van der Waals surface area contributed by atoms with Crippen molar-refractivity contribution >= 4 is 17.6 Å². The number of guanidine groups is 1. The Labute approximate surface area is 115 Å². The van der Waals surface area contributed by atoms with Gasteiger partial charge in [0.15, 0.2) is 6.29 Å². The molecule has 0 aromatic heterocycles. The third-order valence-electron chi connectivity index (χ3n) is 3.70. The summed E-state index contributed by atoms with van der Waals surface area (Å²) in [6.45, 7) is 0.609. The summed E-state index contributed by atoms with van der Waals surface area (Å²) in [4.78, 5) is 18.5. The van der Waals surface area contributed by atoms with Crippen LogP contribution in [0.4, 0.5) is 5.69 Å². The van der Waals surface area contributed by atoms with Crippen molar-refractivity contribution in [2.45, 2.75) is 12.5 Å². The third-order valence-corrected chi connectivity index (χ3v) is 3.70. The monoisotopic (exact) mass is 273 g/mol. The molecule has 20 heavy (non-hydrogen) atoms. The number of benzene rings is 1. The van der Waals surface area contributed by atoms with Crippen LogP contribution in [-0.2, 0) is 4.79 Å². The molecule has 0 spiro atoms. The average molecular weight is 273 g/mol. The molecule has 1 amide bonds. The zero-order valence-corrected chi connectivity index (χ0v) is 10.6. The van der Waals surface area contributed by atoms with E-state index in [1.165, 1.54) is 0 Å². The highest BCUT2D eigenvalue weighted by Crippen LogP contribution is 2.22. The molecule has 3 aliphatic rings. The van der Waals surface area contributed by atoms with Crippen LogP contribution in [0.3, 0.4) is 0 Å². The molecule has 0 aliphatic carbocycles. The minimum atomic E-state index is -0.293. The van der Waals surface area contributed by atoms with Gasteiger partial charge in [0, 0.05) is 6.54 Å². The van der Waals surface area contributed by atoms with Gasteiger partial charge in [0.1, 0.15) is 6.17 Å². The van der Waals surface area contributed by atoms with E-state index in [0.717, 1.165) is 5.69 Å². The quantitative estimate of drug-likeness (QED) is 0.430. The summed E-state index contributed by atoms with van der Waals surface area (Å²) < 4.78 is 0. The van der Waals surface area contributed by atoms with E-state index < -0.39 is 0 Å². The first-order valence-electron chi connectivity index (χ1n) is 6.55. The highest BCUT2D eigenvalue weighted by atomic mass is 16.2. The summed E-state index contributed by atoms with van der Waals surface area (Å²) >= 11 is 0. The summed E-state index contributed by atoms with van der Waals surface area (Å²) in [5.74, 6) is 0.588. The number of rotatable bonds is 1. The molecular weight excluding hydrogens is 258 g/mol. The Morgan fingerprint density at radius 3 is 2.90 bits per heavy atom. The topological polar surface area (TPSA) is 92.8 Å². The number of carbonyl (C=O) groups excluding carboxylic acids is 1. The van der Waals surface area contributed by atoms with Crippen molar-refractivity contribution in [3.8, 4) is 0 Å². The summed E-state index contributed by atoms with van der Waals surface area (Å²) in [6, 6.07) is 9.70. The first-order chi connectivity index (χ1) is 9.83. The van der Waals surface area contributed by atoms with Crippen LogP contribution in [0.15, 0.2) is 35.3 Å². The lowest BCUT2D eigenvalue weighted by Gasteiger charge is -2.37. The molecule has 3 atom stereocenters. The number of para-hydroxylation sites is 1. The van der Waals surface area contributed by atoms with E-state index in [9.17, 15) is 4.79 Å². The maximum Gasteiger partial charge on any atom is 0.230 e. The fraction of sp³-hybridized carbons (Fsp3) is 0.333. The molecule has 4 rings (SSSR count). The Hall–Kier alpha value is -2.16. The third kappa shape index (κ3) is 1.73. The Morgan fingerprint density at radius 1 is 1.20 bits per heavy atom. The number of fused-ring (bicyclic) bond motifs is 3. The molecule has 1 aromatic rings. The van der Waals surface area contributed by atoms with Gasteiger partial charge in [0.2, 0.25) is 11.9 Å². The normalized spacial score (nSPS) is 33.6. The van der Waals surface area contributed by atoms with E-state index in [1.54, 1.807) is 0 Å². The Morgan fingerprint density at radius 2 is 2.05 bits per heavy atom. The highest BCUT2D eigenvalue weighted by Gasteiger charge is 2.48. The lowest BCUT2D eigenvalue weighted by atomic mass is 10.0. The second kappa shape index (κ2) is 4.44. The van der Waals surface area contributed by atoms with Gasteiger partial charge >= 0.3 is 0 Å². The number of hydrazine groups is 2. The lowest BCUT2D eigenvalue weighted by Crippen LogP contribution is -2.66. The van der Waals surface area contributed by atoms with Crippen molar-refractivity contribution in [1.29, 1.82) is 0 Å². The van der Waals surface area contributed by atoms with Gasteiger partial charge in [0.25, 0.3) is 0 Å². The van der Waals surface area contributed by atoms with Gasteiger partial charge in [-0.3, -0.25) is 20.5 Å². The molecule has 3 aliphatic heterocycles. The molecule has 0 saturated carbocycles. The Bertz CT molecular complexity index is 560. The number of carbonyl (C=O) groups is 1. The van der Waals surface area contributed by atoms with Crippen molar-refractivity contribution < 1.29 is 4.79 Å². The van der Waals surface area contributed by atoms with Gasteiger partial charge in [-0.05, 0) is 12.1 Å². The van der Waals surface area contributed by atoms with Crippen LogP contribution in [0.1, 0.15) is 0 Å². The number of aliphatic imine (C=N–C) groups is 1. The number of hydrogen-bond acceptors (Lipinski definition) is 5. The fourth-order valence-corrected chi connectivity index (χ4v) is 2.72. The summed E-state index contributed by atoms with van der Waals surface area (Å²) in [5.41, 5.74) is 13.1. The van der Waals surface area contributed by atoms with Crippen LogP contribution >= 0.6 is 0 Å². The second-order valence-electron chi connectivity index (χ2n) is 4.94. The maximum absolute atomic E-state index is 12.0. The predicted octanol–water partition coefficient (Wildman–Crippen LogP) is -1.45. The van der Waals surface area contributed by atoms with Gasteiger partial charge in [-0.15, -0.1) is 0 Å². The van der Waals surface area contributed by atoms with Crippen LogP contribution in [0.2, 0.25) is 0 Å². The molecule has 3 unspecified atom stereocenters. The summed E-state index contributed by atoms with van der Waals surface area (Å²) in [6.07, 6.45) is -0.405. The molecule has 5 N–H and O–H groups in total. The maximum atomic E-state index is 12.0. The van der Waals surface area contributed by atoms with E-state index in [2.05, 4.69) is 32.0 Å². The first kappa shape index (κ1) is 11.6. The molecule has 0 radical (unpaired) electrons. The van der Waals surface area contributed by atoms with Crippen molar-refractivity contribution in [1.82, 2.24) is 31.9 Å². The van der Waals surface area contributed by atoms with E-state index >= 15 is 0 Å². The molecule has 3 fully saturated rings. The Balaban J connectivity index is 1.67. The highest BCUT2D eigenvalue weighted by molar-refractivity contribution is 5.89. The van der Waals surface area contributed by atoms with Crippen LogP contribution < -0.4 is 27.0 Å². The second-order valence-corrected chi connectivity index (χ2v) is 4.94. The number of nitrogens with zero attached hydrogens (tertiary/aromatic N) is 2. The largest absolute Gasteiger partial charge is 0.322 e. The van der Waals surface area contributed by atoms with Gasteiger partial charge in [-0.2, -0.15) is 5.43 Å². The Kier molecular flexibility index (Phi) is 2.59. The summed E-state index contributed by atoms with van der Waals surface area (Å²) in [5, 5.41) is 2.92. The zero-order valence-electron chi connectivity index (χ0n) is 10.6. The molecule has 104 valence electrons. The van der Waals surface area contributed by atoms with Gasteiger partial charge in [0.05, 0.1) is 11.6 Å². The van der Waals surface area contributed by atoms with Crippen LogP contribution in [0.25, 0.3) is 0 Å². The van der Waals surface area contributed by atoms with Gasteiger partial charge in [-0.1, -0.05) is 18.2 Å².